The number of rotatable bonds is 7. The predicted molar refractivity (Wildman–Crippen MR) is 118 cm³/mol. The molecule has 2 heterocycles. The molecule has 35 heavy (non-hydrogen) atoms. The number of H-pyrrole nitrogens is 1. The van der Waals surface area contributed by atoms with E-state index in [9.17, 15) is 9.59 Å². The van der Waals surface area contributed by atoms with E-state index in [0.29, 0.717) is 17.0 Å². The molecule has 18 nitrogen and oxygen atoms in total. The number of aliphatic carboxylic acids is 1. The highest BCUT2D eigenvalue weighted by Gasteiger charge is 2.29. The fraction of sp³-hybridized carbons (Fsp3) is 0.562. The molecule has 0 saturated carbocycles. The molecule has 0 saturated heterocycles. The van der Waals surface area contributed by atoms with Gasteiger partial charge in [0.05, 0.1) is 12.9 Å². The van der Waals surface area contributed by atoms with E-state index in [2.05, 4.69) is 19.9 Å². The van der Waals surface area contributed by atoms with Gasteiger partial charge >= 0.3 is 13.8 Å². The number of hydrogen-bond acceptors (Lipinski definition) is 13. The van der Waals surface area contributed by atoms with Gasteiger partial charge in [-0.25, -0.2) is 19.5 Å². The van der Waals surface area contributed by atoms with Gasteiger partial charge in [0.15, 0.2) is 17.8 Å². The van der Waals surface area contributed by atoms with Gasteiger partial charge in [-0.3, -0.25) is 4.79 Å². The number of carbonyl (C=O) groups excluding carboxylic acids is 1. The lowest BCUT2D eigenvalue weighted by Gasteiger charge is -2.22. The number of nitrogens with zero attached hydrogens (tertiary/aromatic N) is 3. The van der Waals surface area contributed by atoms with Crippen LogP contribution in [0.1, 0.15) is 13.8 Å². The lowest BCUT2D eigenvalue weighted by Crippen LogP contribution is -2.46. The van der Waals surface area contributed by atoms with Crippen LogP contribution >= 0.6 is 7.82 Å². The molecule has 0 amide bonds. The number of nitrogens with one attached hydrogen (secondary N) is 1. The summed E-state index contributed by atoms with van der Waals surface area (Å²) < 4.78 is 8.88. The number of nitrogens with two attached hydrogens (primary N) is 2. The molecular formula is C16H31N6O12P. The molecule has 0 aromatic carbocycles. The number of anilines is 1. The van der Waals surface area contributed by atoms with Gasteiger partial charge in [0, 0.05) is 0 Å². The van der Waals surface area contributed by atoms with Gasteiger partial charge in [0.1, 0.15) is 42.3 Å². The van der Waals surface area contributed by atoms with Crippen molar-refractivity contribution >= 4 is 37.1 Å². The first-order chi connectivity index (χ1) is 16.0. The second-order valence-corrected chi connectivity index (χ2v) is 7.87. The molecule has 0 bridgehead atoms. The number of phosphoric acid groups is 1. The Bertz CT molecular complexity index is 917. The Morgan fingerprint density at radius 1 is 1.11 bits per heavy atom. The largest absolute Gasteiger partial charge is 0.480 e. The normalized spacial score (nSPS) is 15.1. The van der Waals surface area contributed by atoms with Gasteiger partial charge in [-0.15, -0.1) is 0 Å². The number of aromatic nitrogens is 4. The molecule has 2 aromatic heterocycles. The molecule has 0 aliphatic carbocycles. The van der Waals surface area contributed by atoms with Crippen LogP contribution in [-0.4, -0.2) is 115 Å². The van der Waals surface area contributed by atoms with Gasteiger partial charge in [-0.05, 0) is 5.92 Å². The summed E-state index contributed by atoms with van der Waals surface area (Å²) in [6, 6.07) is -0.713. The van der Waals surface area contributed by atoms with Crippen LogP contribution in [-0.2, 0) is 14.2 Å². The van der Waals surface area contributed by atoms with E-state index < -0.39 is 50.9 Å². The maximum atomic E-state index is 10.0. The topological polar surface area (TPSA) is 340 Å². The van der Waals surface area contributed by atoms with Crippen molar-refractivity contribution in [1.29, 1.82) is 0 Å². The van der Waals surface area contributed by atoms with Crippen molar-refractivity contribution in [2.45, 2.75) is 44.3 Å². The van der Waals surface area contributed by atoms with Crippen molar-refractivity contribution in [2.24, 2.45) is 11.7 Å². The zero-order valence-corrected chi connectivity index (χ0v) is 19.5. The standard InChI is InChI=1S/C6H12O6.C5H5N5.C5H11NO2.H3O4P/c7-1-3(9)5(11)6(12)4(10)2-8;6-4-3-5(9-1-7-3)10-2-8-4;1-3(2)4(6)5(7)8;1-5(2,3)4/h1,3-6,8-12H,2H2;1-2H,(H3,6,7,8,9,10);3-4H,6H2,1-2H3,(H,7,8);(H3,1,2,3,4). The summed E-state index contributed by atoms with van der Waals surface area (Å²) in [5.41, 5.74) is 11.9. The number of carboxylic acids is 1. The number of aldehydes is 1. The second kappa shape index (κ2) is 16.9. The number of aliphatic hydroxyl groups excluding tert-OH is 5. The third kappa shape index (κ3) is 15.8. The second-order valence-electron chi connectivity index (χ2n) is 6.84. The summed E-state index contributed by atoms with van der Waals surface area (Å²) in [6.07, 6.45) is -3.91. The molecule has 0 fully saturated rings. The van der Waals surface area contributed by atoms with Crippen molar-refractivity contribution in [3.8, 4) is 0 Å². The van der Waals surface area contributed by atoms with Crippen LogP contribution in [0.25, 0.3) is 11.2 Å². The molecule has 2 rings (SSSR count). The van der Waals surface area contributed by atoms with Gasteiger partial charge in [-0.1, -0.05) is 13.8 Å². The van der Waals surface area contributed by atoms with Crippen LogP contribution < -0.4 is 11.5 Å². The minimum atomic E-state index is -4.64. The molecule has 0 aliphatic rings. The van der Waals surface area contributed by atoms with Gasteiger partial charge < -0.3 is 66.6 Å². The average molecular weight is 530 g/mol. The zero-order valence-electron chi connectivity index (χ0n) is 18.6. The number of nitrogen functional groups attached to an aromatic ring is 1. The molecule has 5 unspecified atom stereocenters. The van der Waals surface area contributed by atoms with Crippen LogP contribution in [0.2, 0.25) is 0 Å². The fourth-order valence-corrected chi connectivity index (χ4v) is 1.69. The summed E-state index contributed by atoms with van der Waals surface area (Å²) in [7, 11) is -4.64. The smallest absolute Gasteiger partial charge is 0.466 e. The van der Waals surface area contributed by atoms with Crippen molar-refractivity contribution < 1.29 is 59.5 Å². The van der Waals surface area contributed by atoms with Crippen molar-refractivity contribution in [3.63, 3.8) is 0 Å². The highest BCUT2D eigenvalue weighted by atomic mass is 31.2. The van der Waals surface area contributed by atoms with Gasteiger partial charge in [-0.2, -0.15) is 0 Å². The number of carbonyl (C=O) groups is 2. The number of hydrogen-bond donors (Lipinski definition) is 12. The van der Waals surface area contributed by atoms with E-state index in [4.69, 9.17) is 61.4 Å². The summed E-state index contributed by atoms with van der Waals surface area (Å²) in [5, 5.41) is 51.8. The molecule has 0 spiro atoms. The third-order valence-electron chi connectivity index (χ3n) is 3.68. The molecule has 202 valence electrons. The van der Waals surface area contributed by atoms with Gasteiger partial charge in [0.25, 0.3) is 0 Å². The molecule has 5 atom stereocenters. The lowest BCUT2D eigenvalue weighted by atomic mass is 10.0. The van der Waals surface area contributed by atoms with Gasteiger partial charge in [0.2, 0.25) is 0 Å². The monoisotopic (exact) mass is 530 g/mol. The van der Waals surface area contributed by atoms with E-state index in [1.165, 1.54) is 12.7 Å². The van der Waals surface area contributed by atoms with E-state index >= 15 is 0 Å². The van der Waals surface area contributed by atoms with Crippen molar-refractivity contribution in [2.75, 3.05) is 12.3 Å². The fourth-order valence-electron chi connectivity index (χ4n) is 1.69. The van der Waals surface area contributed by atoms with Crippen LogP contribution in [0.5, 0.6) is 0 Å². The maximum Gasteiger partial charge on any atom is 0.466 e. The number of carboxylic acid groups (broad SMARTS) is 1. The van der Waals surface area contributed by atoms with Crippen LogP contribution in [0.15, 0.2) is 12.7 Å². The lowest BCUT2D eigenvalue weighted by molar-refractivity contribution is -0.139. The average Bonchev–Trinajstić information content (AvgIpc) is 3.26. The first-order valence-electron chi connectivity index (χ1n) is 9.42. The number of imidazole rings is 1. The SMILES string of the molecule is CC(C)C(N)C(=O)O.Nc1ncnc2nc[nH]c12.O=CC(O)C(O)C(O)C(O)CO.O=P(O)(O)O. The van der Waals surface area contributed by atoms with Crippen LogP contribution in [0.3, 0.4) is 0 Å². The molecule has 2 aromatic rings. The van der Waals surface area contributed by atoms with Crippen LogP contribution in [0.4, 0.5) is 5.82 Å². The summed E-state index contributed by atoms with van der Waals surface area (Å²) in [5.74, 6) is -0.477. The Balaban J connectivity index is 0. The number of aliphatic hydroxyl groups is 5. The summed E-state index contributed by atoms with van der Waals surface area (Å²) in [4.78, 5) is 55.8. The van der Waals surface area contributed by atoms with Crippen molar-refractivity contribution in [3.05, 3.63) is 12.7 Å². The summed E-state index contributed by atoms with van der Waals surface area (Å²) >= 11 is 0. The Morgan fingerprint density at radius 3 is 1.97 bits per heavy atom. The van der Waals surface area contributed by atoms with Crippen molar-refractivity contribution in [1.82, 2.24) is 19.9 Å². The summed E-state index contributed by atoms with van der Waals surface area (Å²) in [6.45, 7) is 2.79. The molecular weight excluding hydrogens is 499 g/mol. The predicted octanol–water partition coefficient (Wildman–Crippen LogP) is -4.32. The van der Waals surface area contributed by atoms with E-state index in [1.807, 2.05) is 0 Å². The Hall–Kier alpha value is -2.64. The molecule has 0 aliphatic heterocycles. The molecule has 19 heteroatoms. The number of aromatic amines is 1. The Morgan fingerprint density at radius 2 is 1.63 bits per heavy atom. The third-order valence-corrected chi connectivity index (χ3v) is 3.68. The Labute approximate surface area is 198 Å². The first kappa shape index (κ1) is 34.5. The maximum absolute atomic E-state index is 10.0. The quantitative estimate of drug-likeness (QED) is 0.119. The van der Waals surface area contributed by atoms with E-state index in [0.717, 1.165) is 0 Å². The number of fused-ring (bicyclic) bond motifs is 1. The Kier molecular flexibility index (Phi) is 16.7. The molecule has 0 radical (unpaired) electrons. The minimum Gasteiger partial charge on any atom is -0.480 e. The van der Waals surface area contributed by atoms with E-state index in [-0.39, 0.29) is 12.2 Å². The van der Waals surface area contributed by atoms with Crippen LogP contribution in [0, 0.1) is 5.92 Å². The zero-order chi connectivity index (χ0) is 27.9. The highest BCUT2D eigenvalue weighted by Crippen LogP contribution is 2.25. The molecule has 14 N–H and O–H groups in total. The minimum absolute atomic E-state index is 0.0208. The van der Waals surface area contributed by atoms with E-state index in [1.54, 1.807) is 13.8 Å². The highest BCUT2D eigenvalue weighted by molar-refractivity contribution is 7.45. The first-order valence-corrected chi connectivity index (χ1v) is 11.0.